The van der Waals surface area contributed by atoms with Crippen LogP contribution in [0.25, 0.3) is 12.2 Å². The number of carbonyl (C=O) groups excluding carboxylic acids is 2. The Hall–Kier alpha value is -4.32. The van der Waals surface area contributed by atoms with Crippen molar-refractivity contribution in [2.75, 3.05) is 13.2 Å². The Kier molecular flexibility index (Phi) is 20.6. The van der Waals surface area contributed by atoms with Crippen LogP contribution in [0.1, 0.15) is 128 Å². The van der Waals surface area contributed by atoms with E-state index in [1.165, 1.54) is 102 Å². The summed E-state index contributed by atoms with van der Waals surface area (Å²) in [6.07, 6.45) is 26.3. The Balaban J connectivity index is 1.36. The Labute approximate surface area is 300 Å². The van der Waals surface area contributed by atoms with Crippen LogP contribution < -0.4 is 18.9 Å². The molecule has 6 heteroatoms. The zero-order valence-electron chi connectivity index (χ0n) is 30.4. The maximum atomic E-state index is 12.6. The molecule has 270 valence electrons. The molecule has 50 heavy (non-hydrogen) atoms. The van der Waals surface area contributed by atoms with Crippen molar-refractivity contribution in [1.82, 2.24) is 0 Å². The van der Waals surface area contributed by atoms with Gasteiger partial charge in [-0.05, 0) is 72.5 Å². The van der Waals surface area contributed by atoms with E-state index in [0.29, 0.717) is 13.2 Å². The molecule has 0 heterocycles. The van der Waals surface area contributed by atoms with Crippen LogP contribution in [-0.2, 0) is 9.59 Å². The minimum absolute atomic E-state index is 0.159. The number of hydrogen-bond acceptors (Lipinski definition) is 6. The van der Waals surface area contributed by atoms with Crippen LogP contribution in [-0.4, -0.2) is 25.2 Å². The molecule has 3 aromatic carbocycles. The van der Waals surface area contributed by atoms with Gasteiger partial charge < -0.3 is 18.9 Å². The number of unbranched alkanes of at least 4 members (excludes halogenated alkanes) is 14. The molecular weight excluding hydrogens is 624 g/mol. The predicted molar refractivity (Wildman–Crippen MR) is 205 cm³/mol. The average molecular weight is 683 g/mol. The smallest absolute Gasteiger partial charge is 0.336 e. The van der Waals surface area contributed by atoms with E-state index in [4.69, 9.17) is 18.9 Å². The number of benzene rings is 3. The van der Waals surface area contributed by atoms with Crippen molar-refractivity contribution in [2.24, 2.45) is 0 Å². The van der Waals surface area contributed by atoms with Gasteiger partial charge in [0.05, 0.1) is 13.2 Å². The summed E-state index contributed by atoms with van der Waals surface area (Å²) in [7, 11) is 0. The highest BCUT2D eigenvalue weighted by atomic mass is 16.6. The third kappa shape index (κ3) is 17.9. The zero-order chi connectivity index (χ0) is 35.5. The average Bonchev–Trinajstić information content (AvgIpc) is 3.13. The summed E-state index contributed by atoms with van der Waals surface area (Å²) >= 11 is 0. The van der Waals surface area contributed by atoms with Crippen LogP contribution in [0, 0.1) is 0 Å². The van der Waals surface area contributed by atoms with Crippen molar-refractivity contribution in [3.8, 4) is 23.0 Å². The molecule has 0 spiro atoms. The first-order chi connectivity index (χ1) is 24.6. The van der Waals surface area contributed by atoms with Crippen LogP contribution in [0.3, 0.4) is 0 Å². The van der Waals surface area contributed by atoms with Gasteiger partial charge in [-0.3, -0.25) is 0 Å². The van der Waals surface area contributed by atoms with Crippen molar-refractivity contribution < 1.29 is 28.5 Å². The summed E-state index contributed by atoms with van der Waals surface area (Å²) in [5.41, 5.74) is 1.68. The largest absolute Gasteiger partial charge is 0.494 e. The molecule has 0 aliphatic heterocycles. The molecule has 0 aliphatic carbocycles. The summed E-state index contributed by atoms with van der Waals surface area (Å²) < 4.78 is 22.7. The lowest BCUT2D eigenvalue weighted by Crippen LogP contribution is -2.08. The van der Waals surface area contributed by atoms with E-state index in [1.807, 2.05) is 48.5 Å². The fraction of sp³-hybridized carbons (Fsp3) is 0.455. The van der Waals surface area contributed by atoms with E-state index in [1.54, 1.807) is 36.4 Å². The Bertz CT molecular complexity index is 1300. The number of ether oxygens (including phenoxy) is 4. The molecule has 0 unspecified atom stereocenters. The van der Waals surface area contributed by atoms with Gasteiger partial charge in [0.15, 0.2) is 11.5 Å². The second kappa shape index (κ2) is 25.6. The molecule has 3 aromatic rings. The molecule has 0 N–H and O–H groups in total. The molecule has 0 aliphatic rings. The summed E-state index contributed by atoms with van der Waals surface area (Å²) in [5, 5.41) is 0. The lowest BCUT2D eigenvalue weighted by molar-refractivity contribution is -0.131. The molecular formula is C44H58O6. The number of para-hydroxylation sites is 2. The molecule has 3 rings (SSSR count). The van der Waals surface area contributed by atoms with Crippen molar-refractivity contribution in [2.45, 2.75) is 117 Å². The second-order valence-electron chi connectivity index (χ2n) is 12.7. The van der Waals surface area contributed by atoms with Gasteiger partial charge in [-0.2, -0.15) is 0 Å². The highest BCUT2D eigenvalue weighted by Crippen LogP contribution is 2.27. The lowest BCUT2D eigenvalue weighted by Gasteiger charge is -2.08. The topological polar surface area (TPSA) is 71.1 Å². The van der Waals surface area contributed by atoms with Crippen LogP contribution in [0.2, 0.25) is 0 Å². The van der Waals surface area contributed by atoms with Gasteiger partial charge in [-0.25, -0.2) is 9.59 Å². The van der Waals surface area contributed by atoms with Crippen LogP contribution in [0.15, 0.2) is 84.9 Å². The monoisotopic (exact) mass is 682 g/mol. The maximum Gasteiger partial charge on any atom is 0.336 e. The third-order valence-corrected chi connectivity index (χ3v) is 8.39. The van der Waals surface area contributed by atoms with Crippen molar-refractivity contribution >= 4 is 24.1 Å². The van der Waals surface area contributed by atoms with Crippen molar-refractivity contribution in [3.05, 3.63) is 96.1 Å². The second-order valence-corrected chi connectivity index (χ2v) is 12.7. The quantitative estimate of drug-likeness (QED) is 0.0363. The lowest BCUT2D eigenvalue weighted by atomic mass is 10.1. The predicted octanol–water partition coefficient (Wildman–Crippen LogP) is 12.0. The molecule has 0 saturated carbocycles. The Morgan fingerprint density at radius 3 is 1.16 bits per heavy atom. The Morgan fingerprint density at radius 1 is 0.460 bits per heavy atom. The first-order valence-corrected chi connectivity index (χ1v) is 18.9. The number of esters is 2. The first kappa shape index (κ1) is 40.1. The summed E-state index contributed by atoms with van der Waals surface area (Å²) in [5.74, 6) is 0.784. The highest BCUT2D eigenvalue weighted by molar-refractivity contribution is 5.91. The van der Waals surface area contributed by atoms with Gasteiger partial charge >= 0.3 is 11.9 Å². The van der Waals surface area contributed by atoms with E-state index in [0.717, 1.165) is 35.5 Å². The number of rotatable bonds is 26. The van der Waals surface area contributed by atoms with E-state index < -0.39 is 11.9 Å². The van der Waals surface area contributed by atoms with E-state index in [-0.39, 0.29) is 11.5 Å². The molecule has 0 saturated heterocycles. The molecule has 0 radical (unpaired) electrons. The molecule has 6 nitrogen and oxygen atoms in total. The third-order valence-electron chi connectivity index (χ3n) is 8.39. The van der Waals surface area contributed by atoms with E-state index in [2.05, 4.69) is 13.8 Å². The molecule has 0 atom stereocenters. The van der Waals surface area contributed by atoms with Gasteiger partial charge in [0.25, 0.3) is 0 Å². The van der Waals surface area contributed by atoms with Crippen LogP contribution >= 0.6 is 0 Å². The minimum atomic E-state index is -0.580. The molecule has 0 amide bonds. The fourth-order valence-corrected chi connectivity index (χ4v) is 5.43. The molecule has 0 aromatic heterocycles. The summed E-state index contributed by atoms with van der Waals surface area (Å²) in [6, 6.07) is 21.8. The van der Waals surface area contributed by atoms with E-state index >= 15 is 0 Å². The summed E-state index contributed by atoms with van der Waals surface area (Å²) in [4.78, 5) is 25.2. The van der Waals surface area contributed by atoms with Gasteiger partial charge in [0, 0.05) is 12.2 Å². The number of hydrogen-bond donors (Lipinski definition) is 0. The maximum absolute atomic E-state index is 12.6. The zero-order valence-corrected chi connectivity index (χ0v) is 30.4. The van der Waals surface area contributed by atoms with Crippen molar-refractivity contribution in [3.63, 3.8) is 0 Å². The summed E-state index contributed by atoms with van der Waals surface area (Å²) in [6.45, 7) is 5.90. The Morgan fingerprint density at radius 2 is 0.800 bits per heavy atom. The normalized spacial score (nSPS) is 11.2. The van der Waals surface area contributed by atoms with Gasteiger partial charge in [0.1, 0.15) is 11.5 Å². The van der Waals surface area contributed by atoms with Crippen LogP contribution in [0.4, 0.5) is 0 Å². The standard InChI is InChI=1S/C44H58O6/c1-3-5-7-9-11-13-15-19-35-47-39-29-23-37(24-30-39)27-33-43(45)49-41-21-17-18-22-42(41)50-44(46)34-28-38-25-31-40(32-26-38)48-36-20-16-14-12-10-8-6-4-2/h17-18,21-34H,3-16,19-20,35-36H2,1-2H3/b33-27+,34-28+. The number of carbonyl (C=O) groups is 2. The first-order valence-electron chi connectivity index (χ1n) is 18.9. The van der Waals surface area contributed by atoms with Gasteiger partial charge in [-0.15, -0.1) is 0 Å². The SMILES string of the molecule is CCCCCCCCCCOc1ccc(/C=C/C(=O)Oc2ccccc2OC(=O)/C=C/c2ccc(OCCCCCCCCCC)cc2)cc1. The van der Waals surface area contributed by atoms with Gasteiger partial charge in [-0.1, -0.05) is 140 Å². The minimum Gasteiger partial charge on any atom is -0.494 e. The van der Waals surface area contributed by atoms with Crippen LogP contribution in [0.5, 0.6) is 23.0 Å². The fourth-order valence-electron chi connectivity index (χ4n) is 5.43. The highest BCUT2D eigenvalue weighted by Gasteiger charge is 2.11. The van der Waals surface area contributed by atoms with Crippen molar-refractivity contribution in [1.29, 1.82) is 0 Å². The van der Waals surface area contributed by atoms with E-state index in [9.17, 15) is 9.59 Å². The molecule has 0 fully saturated rings. The van der Waals surface area contributed by atoms with Gasteiger partial charge in [0.2, 0.25) is 0 Å². The molecule has 0 bridgehead atoms.